The standard InChI is InChI=1S/C25H28N6O2S/c1-16-8-10-19(29-16)11-13-22-23(34(2,32)33)24(26)31-25(30-22)20(15-28-31)18-9-12-21(27-14-18)17-6-4-3-5-7-17/h3-7,9,12,14-16,19,29H,8,10-11,13,26H2,1-2H3/t16-,19-/m1/s1. The van der Waals surface area contributed by atoms with Crippen LogP contribution in [0.3, 0.4) is 0 Å². The Labute approximate surface area is 199 Å². The number of benzene rings is 1. The number of rotatable bonds is 6. The van der Waals surface area contributed by atoms with Gasteiger partial charge in [0.15, 0.2) is 15.5 Å². The van der Waals surface area contributed by atoms with Crippen molar-refractivity contribution >= 4 is 21.3 Å². The molecule has 0 aliphatic carbocycles. The summed E-state index contributed by atoms with van der Waals surface area (Å²) in [5.41, 5.74) is 10.9. The molecule has 4 aromatic rings. The summed E-state index contributed by atoms with van der Waals surface area (Å²) < 4.78 is 26.7. The van der Waals surface area contributed by atoms with Crippen molar-refractivity contribution < 1.29 is 8.42 Å². The Morgan fingerprint density at radius 3 is 2.53 bits per heavy atom. The number of nitrogens with zero attached hydrogens (tertiary/aromatic N) is 4. The molecule has 0 radical (unpaired) electrons. The number of sulfone groups is 1. The number of pyridine rings is 1. The van der Waals surface area contributed by atoms with E-state index in [0.717, 1.165) is 41.6 Å². The minimum absolute atomic E-state index is 0.0678. The number of aryl methyl sites for hydroxylation is 1. The zero-order valence-corrected chi connectivity index (χ0v) is 20.1. The highest BCUT2D eigenvalue weighted by Crippen LogP contribution is 2.31. The number of aromatic nitrogens is 4. The normalized spacial score (nSPS) is 18.5. The summed E-state index contributed by atoms with van der Waals surface area (Å²) >= 11 is 0. The van der Waals surface area contributed by atoms with Gasteiger partial charge in [0.25, 0.3) is 0 Å². The largest absolute Gasteiger partial charge is 0.382 e. The second-order valence-electron chi connectivity index (χ2n) is 9.02. The fourth-order valence-electron chi connectivity index (χ4n) is 4.72. The van der Waals surface area contributed by atoms with Gasteiger partial charge in [0.05, 0.1) is 17.6 Å². The highest BCUT2D eigenvalue weighted by Gasteiger charge is 2.26. The average molecular weight is 477 g/mol. The fourth-order valence-corrected chi connectivity index (χ4v) is 5.76. The molecule has 1 aromatic carbocycles. The molecule has 8 nitrogen and oxygen atoms in total. The van der Waals surface area contributed by atoms with Crippen molar-refractivity contribution in [3.8, 4) is 22.4 Å². The van der Waals surface area contributed by atoms with E-state index >= 15 is 0 Å². The number of hydrogen-bond donors (Lipinski definition) is 2. The molecule has 4 heterocycles. The third kappa shape index (κ3) is 4.28. The molecule has 1 aliphatic heterocycles. The van der Waals surface area contributed by atoms with E-state index in [1.165, 1.54) is 10.8 Å². The van der Waals surface area contributed by atoms with E-state index in [0.29, 0.717) is 29.8 Å². The molecule has 3 N–H and O–H groups in total. The van der Waals surface area contributed by atoms with Crippen molar-refractivity contribution in [3.05, 3.63) is 60.6 Å². The average Bonchev–Trinajstić information content (AvgIpc) is 3.44. The molecule has 2 atom stereocenters. The van der Waals surface area contributed by atoms with Crippen LogP contribution in [0.1, 0.15) is 31.9 Å². The summed E-state index contributed by atoms with van der Waals surface area (Å²) in [6.07, 6.45) is 8.12. The number of nitrogen functional groups attached to an aromatic ring is 1. The highest BCUT2D eigenvalue weighted by molar-refractivity contribution is 7.91. The van der Waals surface area contributed by atoms with Crippen LogP contribution >= 0.6 is 0 Å². The summed E-state index contributed by atoms with van der Waals surface area (Å²) in [6.45, 7) is 2.17. The van der Waals surface area contributed by atoms with Crippen LogP contribution in [0, 0.1) is 0 Å². The van der Waals surface area contributed by atoms with E-state index in [9.17, 15) is 8.42 Å². The van der Waals surface area contributed by atoms with Gasteiger partial charge < -0.3 is 11.1 Å². The van der Waals surface area contributed by atoms with Gasteiger partial charge in [-0.3, -0.25) is 4.98 Å². The lowest BCUT2D eigenvalue weighted by Crippen LogP contribution is -2.27. The van der Waals surface area contributed by atoms with Gasteiger partial charge in [-0.15, -0.1) is 0 Å². The Kier molecular flexibility index (Phi) is 5.83. The van der Waals surface area contributed by atoms with Crippen LogP contribution in [0.25, 0.3) is 28.0 Å². The van der Waals surface area contributed by atoms with Crippen molar-refractivity contribution in [1.29, 1.82) is 0 Å². The van der Waals surface area contributed by atoms with Gasteiger partial charge in [-0.05, 0) is 38.7 Å². The quantitative estimate of drug-likeness (QED) is 0.437. The van der Waals surface area contributed by atoms with Gasteiger partial charge in [-0.25, -0.2) is 13.4 Å². The SMILES string of the molecule is C[C@@H]1CC[C@H](CCc2nc3c(-c4ccc(-c5ccccc5)nc4)cnn3c(N)c2S(C)(=O)=O)N1. The first-order valence-electron chi connectivity index (χ1n) is 11.5. The van der Waals surface area contributed by atoms with Crippen LogP contribution in [0.15, 0.2) is 59.8 Å². The molecule has 5 rings (SSSR count). The van der Waals surface area contributed by atoms with Crippen LogP contribution in [0.5, 0.6) is 0 Å². The van der Waals surface area contributed by atoms with Crippen molar-refractivity contribution in [2.45, 2.75) is 49.6 Å². The van der Waals surface area contributed by atoms with Crippen LogP contribution in [-0.2, 0) is 16.3 Å². The minimum Gasteiger partial charge on any atom is -0.382 e. The number of nitrogens with two attached hydrogens (primary N) is 1. The molecule has 0 unspecified atom stereocenters. The number of fused-ring (bicyclic) bond motifs is 1. The second kappa shape index (κ2) is 8.81. The van der Waals surface area contributed by atoms with Crippen molar-refractivity contribution in [1.82, 2.24) is 24.9 Å². The van der Waals surface area contributed by atoms with E-state index in [1.807, 2.05) is 42.5 Å². The first kappa shape index (κ1) is 22.5. The maximum absolute atomic E-state index is 12.6. The van der Waals surface area contributed by atoms with Gasteiger partial charge in [-0.2, -0.15) is 9.61 Å². The molecule has 1 fully saturated rings. The summed E-state index contributed by atoms with van der Waals surface area (Å²) in [5, 5.41) is 7.91. The van der Waals surface area contributed by atoms with Gasteiger partial charge in [-0.1, -0.05) is 36.4 Å². The number of anilines is 1. The Bertz CT molecular complexity index is 1430. The Morgan fingerprint density at radius 1 is 1.09 bits per heavy atom. The zero-order valence-electron chi connectivity index (χ0n) is 19.3. The second-order valence-corrected chi connectivity index (χ2v) is 11.0. The Balaban J connectivity index is 1.54. The summed E-state index contributed by atoms with van der Waals surface area (Å²) in [7, 11) is -3.58. The fraction of sp³-hybridized carbons (Fsp3) is 0.320. The molecule has 176 valence electrons. The van der Waals surface area contributed by atoms with Gasteiger partial charge in [0.1, 0.15) is 10.7 Å². The van der Waals surface area contributed by atoms with Crippen molar-refractivity contribution in [2.75, 3.05) is 12.0 Å². The van der Waals surface area contributed by atoms with E-state index in [2.05, 4.69) is 22.3 Å². The summed E-state index contributed by atoms with van der Waals surface area (Å²) in [6, 6.07) is 14.7. The van der Waals surface area contributed by atoms with Crippen LogP contribution in [0.2, 0.25) is 0 Å². The third-order valence-electron chi connectivity index (χ3n) is 6.42. The summed E-state index contributed by atoms with van der Waals surface area (Å²) in [4.78, 5) is 9.46. The lowest BCUT2D eigenvalue weighted by atomic mass is 10.1. The highest BCUT2D eigenvalue weighted by atomic mass is 32.2. The molecule has 1 aliphatic rings. The predicted molar refractivity (Wildman–Crippen MR) is 133 cm³/mol. The molecular formula is C25H28N6O2S. The number of hydrogen-bond acceptors (Lipinski definition) is 7. The minimum atomic E-state index is -3.58. The molecular weight excluding hydrogens is 448 g/mol. The first-order valence-corrected chi connectivity index (χ1v) is 13.3. The van der Waals surface area contributed by atoms with E-state index < -0.39 is 9.84 Å². The van der Waals surface area contributed by atoms with Crippen molar-refractivity contribution in [2.24, 2.45) is 0 Å². The molecule has 0 saturated carbocycles. The lowest BCUT2D eigenvalue weighted by molar-refractivity contribution is 0.521. The third-order valence-corrected chi connectivity index (χ3v) is 7.61. The Morgan fingerprint density at radius 2 is 1.88 bits per heavy atom. The molecule has 34 heavy (non-hydrogen) atoms. The topological polar surface area (TPSA) is 115 Å². The smallest absolute Gasteiger partial charge is 0.180 e. The van der Waals surface area contributed by atoms with Gasteiger partial charge >= 0.3 is 0 Å². The van der Waals surface area contributed by atoms with Crippen LogP contribution < -0.4 is 11.1 Å². The molecule has 0 amide bonds. The molecule has 3 aromatic heterocycles. The van der Waals surface area contributed by atoms with E-state index in [-0.39, 0.29) is 10.7 Å². The van der Waals surface area contributed by atoms with E-state index in [1.54, 1.807) is 12.4 Å². The molecule has 0 bridgehead atoms. The zero-order chi connectivity index (χ0) is 23.9. The van der Waals surface area contributed by atoms with Gasteiger partial charge in [0, 0.05) is 41.2 Å². The first-order chi connectivity index (χ1) is 16.3. The van der Waals surface area contributed by atoms with E-state index in [4.69, 9.17) is 10.7 Å². The predicted octanol–water partition coefficient (Wildman–Crippen LogP) is 3.52. The molecule has 9 heteroatoms. The number of nitrogens with one attached hydrogen (secondary N) is 1. The summed E-state index contributed by atoms with van der Waals surface area (Å²) in [5.74, 6) is 0.0929. The lowest BCUT2D eigenvalue weighted by Gasteiger charge is -2.15. The maximum atomic E-state index is 12.6. The molecule has 0 spiro atoms. The Hall–Kier alpha value is -3.30. The van der Waals surface area contributed by atoms with Crippen molar-refractivity contribution in [3.63, 3.8) is 0 Å². The van der Waals surface area contributed by atoms with Crippen LogP contribution in [0.4, 0.5) is 5.82 Å². The molecule has 1 saturated heterocycles. The van der Waals surface area contributed by atoms with Crippen LogP contribution in [-0.4, -0.2) is 46.3 Å². The maximum Gasteiger partial charge on any atom is 0.180 e. The van der Waals surface area contributed by atoms with Gasteiger partial charge in [0.2, 0.25) is 0 Å². The monoisotopic (exact) mass is 476 g/mol.